The van der Waals surface area contributed by atoms with Crippen LogP contribution in [0.2, 0.25) is 0 Å². The summed E-state index contributed by atoms with van der Waals surface area (Å²) in [7, 11) is -3.23. The van der Waals surface area contributed by atoms with Crippen molar-refractivity contribution < 1.29 is 8.42 Å². The van der Waals surface area contributed by atoms with E-state index < -0.39 is 9.84 Å². The van der Waals surface area contributed by atoms with E-state index in [2.05, 4.69) is 43.9 Å². The second-order valence-corrected chi connectivity index (χ2v) is 10.9. The predicted octanol–water partition coefficient (Wildman–Crippen LogP) is 3.83. The first kappa shape index (κ1) is 20.2. The van der Waals surface area contributed by atoms with Crippen LogP contribution in [0.15, 0.2) is 59.5 Å². The molecule has 0 spiro atoms. The Morgan fingerprint density at radius 1 is 0.935 bits per heavy atom. The van der Waals surface area contributed by atoms with Crippen LogP contribution in [-0.4, -0.2) is 42.5 Å². The molecule has 1 aromatic heterocycles. The van der Waals surface area contributed by atoms with Gasteiger partial charge in [-0.05, 0) is 60.9 Å². The molecule has 5 rings (SSSR count). The van der Waals surface area contributed by atoms with E-state index in [1.807, 2.05) is 18.2 Å². The van der Waals surface area contributed by atoms with E-state index in [1.165, 1.54) is 31.1 Å². The molecule has 7 heteroatoms. The van der Waals surface area contributed by atoms with E-state index in [0.29, 0.717) is 4.90 Å². The fourth-order valence-corrected chi connectivity index (χ4v) is 5.71. The molecular formula is C24H28N4O2S. The van der Waals surface area contributed by atoms with E-state index in [1.54, 1.807) is 12.1 Å². The first-order valence-electron chi connectivity index (χ1n) is 11.0. The van der Waals surface area contributed by atoms with Crippen molar-refractivity contribution in [1.29, 1.82) is 0 Å². The minimum atomic E-state index is -3.23. The summed E-state index contributed by atoms with van der Waals surface area (Å²) >= 11 is 0. The number of hydrogen-bond donors (Lipinski definition) is 0. The Bertz CT molecular complexity index is 1140. The third kappa shape index (κ3) is 4.11. The van der Waals surface area contributed by atoms with Gasteiger partial charge in [-0.15, -0.1) is 10.2 Å². The highest BCUT2D eigenvalue weighted by atomic mass is 32.2. The Balaban J connectivity index is 1.47. The van der Waals surface area contributed by atoms with Crippen LogP contribution in [0.4, 0.5) is 5.95 Å². The number of fused-ring (bicyclic) bond motifs is 1. The lowest BCUT2D eigenvalue weighted by Crippen LogP contribution is -2.25. The number of nitrogens with zero attached hydrogens (tertiary/aromatic N) is 4. The smallest absolute Gasteiger partial charge is 0.227 e. The van der Waals surface area contributed by atoms with Gasteiger partial charge in [0.2, 0.25) is 5.95 Å². The molecule has 2 atom stereocenters. The fourth-order valence-electron chi connectivity index (χ4n) is 5.08. The number of aromatic nitrogens is 3. The lowest BCUT2D eigenvalue weighted by atomic mass is 10.0. The van der Waals surface area contributed by atoms with Gasteiger partial charge < -0.3 is 4.90 Å². The SMILES string of the molecule is CS(=O)(=O)c1ccc(-c2nnc(N3C[C@H]4CCC[C@@H]4C3)n2CCc2ccccc2)cc1. The van der Waals surface area contributed by atoms with E-state index in [0.717, 1.165) is 55.2 Å². The molecule has 0 amide bonds. The van der Waals surface area contributed by atoms with Crippen molar-refractivity contribution >= 4 is 15.8 Å². The van der Waals surface area contributed by atoms with Crippen molar-refractivity contribution in [3.05, 3.63) is 60.2 Å². The van der Waals surface area contributed by atoms with Crippen molar-refractivity contribution in [2.45, 2.75) is 37.1 Å². The summed E-state index contributed by atoms with van der Waals surface area (Å²) in [5, 5.41) is 9.16. The number of benzene rings is 2. The summed E-state index contributed by atoms with van der Waals surface area (Å²) in [4.78, 5) is 2.72. The van der Waals surface area contributed by atoms with Gasteiger partial charge in [-0.2, -0.15) is 0 Å². The molecule has 2 aliphatic rings. The maximum Gasteiger partial charge on any atom is 0.227 e. The molecule has 0 N–H and O–H groups in total. The molecule has 0 unspecified atom stereocenters. The highest BCUT2D eigenvalue weighted by molar-refractivity contribution is 7.90. The van der Waals surface area contributed by atoms with E-state index in [9.17, 15) is 8.42 Å². The molecule has 6 nitrogen and oxygen atoms in total. The average Bonchev–Trinajstić information content (AvgIpc) is 3.47. The van der Waals surface area contributed by atoms with E-state index >= 15 is 0 Å². The van der Waals surface area contributed by atoms with Crippen molar-refractivity contribution in [2.75, 3.05) is 24.2 Å². The van der Waals surface area contributed by atoms with E-state index in [4.69, 9.17) is 0 Å². The molecule has 2 heterocycles. The normalized spacial score (nSPS) is 20.9. The fraction of sp³-hybridized carbons (Fsp3) is 0.417. The largest absolute Gasteiger partial charge is 0.340 e. The van der Waals surface area contributed by atoms with Gasteiger partial charge >= 0.3 is 0 Å². The van der Waals surface area contributed by atoms with Crippen LogP contribution < -0.4 is 4.90 Å². The monoisotopic (exact) mass is 436 g/mol. The second-order valence-electron chi connectivity index (χ2n) is 8.86. The summed E-state index contributed by atoms with van der Waals surface area (Å²) in [6, 6.07) is 17.4. The summed E-state index contributed by atoms with van der Waals surface area (Å²) in [5.41, 5.74) is 2.16. The van der Waals surface area contributed by atoms with Crippen LogP contribution in [0.5, 0.6) is 0 Å². The van der Waals surface area contributed by atoms with Crippen molar-refractivity contribution in [2.24, 2.45) is 11.8 Å². The van der Waals surface area contributed by atoms with Crippen LogP contribution in [0, 0.1) is 11.8 Å². The van der Waals surface area contributed by atoms with E-state index in [-0.39, 0.29) is 0 Å². The van der Waals surface area contributed by atoms with Crippen molar-refractivity contribution in [3.63, 3.8) is 0 Å². The minimum Gasteiger partial charge on any atom is -0.340 e. The highest BCUT2D eigenvalue weighted by Gasteiger charge is 2.38. The summed E-state index contributed by atoms with van der Waals surface area (Å²) in [5.74, 6) is 3.28. The Kier molecular flexibility index (Phi) is 5.30. The lowest BCUT2D eigenvalue weighted by Gasteiger charge is -2.20. The topological polar surface area (TPSA) is 68.1 Å². The zero-order chi connectivity index (χ0) is 21.4. The summed E-state index contributed by atoms with van der Waals surface area (Å²) in [6.07, 6.45) is 6.10. The number of hydrogen-bond acceptors (Lipinski definition) is 5. The quantitative estimate of drug-likeness (QED) is 0.587. The molecule has 31 heavy (non-hydrogen) atoms. The van der Waals surface area contributed by atoms with Crippen LogP contribution >= 0.6 is 0 Å². The van der Waals surface area contributed by atoms with Gasteiger partial charge in [-0.3, -0.25) is 4.57 Å². The predicted molar refractivity (Wildman–Crippen MR) is 122 cm³/mol. The molecule has 3 aromatic rings. The molecule has 1 saturated heterocycles. The van der Waals surface area contributed by atoms with Crippen LogP contribution in [0.25, 0.3) is 11.4 Å². The molecule has 1 saturated carbocycles. The number of rotatable bonds is 6. The van der Waals surface area contributed by atoms with Gasteiger partial charge in [-0.1, -0.05) is 36.8 Å². The average molecular weight is 437 g/mol. The third-order valence-corrected chi connectivity index (χ3v) is 7.88. The van der Waals surface area contributed by atoms with Crippen molar-refractivity contribution in [1.82, 2.24) is 14.8 Å². The summed E-state index contributed by atoms with van der Waals surface area (Å²) < 4.78 is 25.9. The maximum atomic E-state index is 11.8. The van der Waals surface area contributed by atoms with Gasteiger partial charge in [0, 0.05) is 31.5 Å². The molecule has 1 aliphatic heterocycles. The molecule has 0 radical (unpaired) electrons. The zero-order valence-electron chi connectivity index (χ0n) is 17.8. The highest BCUT2D eigenvalue weighted by Crippen LogP contribution is 2.39. The first-order chi connectivity index (χ1) is 15.0. The number of aryl methyl sites for hydroxylation is 1. The Morgan fingerprint density at radius 3 is 2.26 bits per heavy atom. The molecule has 162 valence electrons. The second kappa shape index (κ2) is 8.11. The van der Waals surface area contributed by atoms with Gasteiger partial charge in [0.05, 0.1) is 4.90 Å². The molecule has 0 bridgehead atoms. The number of anilines is 1. The third-order valence-electron chi connectivity index (χ3n) is 6.75. The standard InChI is InChI=1S/C24H28N4O2S/c1-31(29,30)22-12-10-19(11-13-22)23-25-26-24(27-16-20-8-5-9-21(20)17-27)28(23)15-14-18-6-3-2-4-7-18/h2-4,6-7,10-13,20-21H,5,8-9,14-17H2,1H3/t20-,21-/m1/s1. The molecule has 2 fully saturated rings. The Morgan fingerprint density at radius 2 is 1.61 bits per heavy atom. The van der Waals surface area contributed by atoms with Gasteiger partial charge in [0.15, 0.2) is 15.7 Å². The molecule has 2 aromatic carbocycles. The Hall–Kier alpha value is -2.67. The number of sulfone groups is 1. The van der Waals surface area contributed by atoms with Gasteiger partial charge in [0.25, 0.3) is 0 Å². The van der Waals surface area contributed by atoms with Crippen LogP contribution in [0.1, 0.15) is 24.8 Å². The maximum absolute atomic E-state index is 11.8. The van der Waals surface area contributed by atoms with Gasteiger partial charge in [-0.25, -0.2) is 8.42 Å². The van der Waals surface area contributed by atoms with Crippen molar-refractivity contribution in [3.8, 4) is 11.4 Å². The molecular weight excluding hydrogens is 408 g/mol. The first-order valence-corrected chi connectivity index (χ1v) is 12.9. The minimum absolute atomic E-state index is 0.319. The summed E-state index contributed by atoms with van der Waals surface area (Å²) in [6.45, 7) is 2.89. The molecule has 1 aliphatic carbocycles. The Labute approximate surface area is 183 Å². The zero-order valence-corrected chi connectivity index (χ0v) is 18.6. The van der Waals surface area contributed by atoms with Gasteiger partial charge in [0.1, 0.15) is 0 Å². The lowest BCUT2D eigenvalue weighted by molar-refractivity contribution is 0.494. The van der Waals surface area contributed by atoms with Crippen LogP contribution in [-0.2, 0) is 22.8 Å². The van der Waals surface area contributed by atoms with Crippen LogP contribution in [0.3, 0.4) is 0 Å².